The first kappa shape index (κ1) is 13.6. The summed E-state index contributed by atoms with van der Waals surface area (Å²) < 4.78 is 36.8. The second-order valence-electron chi connectivity index (χ2n) is 4.38. The summed E-state index contributed by atoms with van der Waals surface area (Å²) in [4.78, 5) is 7.24. The maximum absolute atomic E-state index is 12.3. The van der Waals surface area contributed by atoms with Gasteiger partial charge in [-0.3, -0.25) is 9.88 Å². The normalized spacial score (nSPS) is 17.3. The molecule has 102 valence electrons. The molecule has 0 bridgehead atoms. The van der Waals surface area contributed by atoms with Crippen LogP contribution in [0, 0.1) is 11.3 Å². The molecular weight excluding hydrogens is 257 g/mol. The van der Waals surface area contributed by atoms with E-state index in [0.717, 1.165) is 0 Å². The lowest BCUT2D eigenvalue weighted by molar-refractivity contribution is -0.146. The summed E-state index contributed by atoms with van der Waals surface area (Å²) in [6.07, 6.45) is -1.05. The van der Waals surface area contributed by atoms with Crippen LogP contribution in [0.25, 0.3) is 0 Å². The molecule has 0 saturated carbocycles. The zero-order valence-electron chi connectivity index (χ0n) is 10.2. The molecule has 0 radical (unpaired) electrons. The molecular formula is C12H13F3N4. The molecule has 0 aromatic carbocycles. The van der Waals surface area contributed by atoms with E-state index >= 15 is 0 Å². The van der Waals surface area contributed by atoms with E-state index in [9.17, 15) is 13.2 Å². The van der Waals surface area contributed by atoms with Gasteiger partial charge in [0, 0.05) is 32.4 Å². The van der Waals surface area contributed by atoms with Crippen molar-refractivity contribution in [2.75, 3.05) is 37.6 Å². The molecule has 7 heteroatoms. The van der Waals surface area contributed by atoms with Crippen molar-refractivity contribution in [2.24, 2.45) is 0 Å². The van der Waals surface area contributed by atoms with Crippen LogP contribution in [0.1, 0.15) is 5.56 Å². The first-order chi connectivity index (χ1) is 8.99. The number of nitrogens with zero attached hydrogens (tertiary/aromatic N) is 4. The Morgan fingerprint density at radius 3 is 2.53 bits per heavy atom. The Morgan fingerprint density at radius 1 is 1.26 bits per heavy atom. The third kappa shape index (κ3) is 3.58. The molecule has 1 aromatic heterocycles. The molecule has 1 saturated heterocycles. The van der Waals surface area contributed by atoms with Crippen LogP contribution < -0.4 is 4.90 Å². The van der Waals surface area contributed by atoms with Crippen LogP contribution in [0.4, 0.5) is 18.9 Å². The molecule has 1 aliphatic heterocycles. The quantitative estimate of drug-likeness (QED) is 0.819. The number of rotatable bonds is 2. The van der Waals surface area contributed by atoms with E-state index in [2.05, 4.69) is 11.1 Å². The van der Waals surface area contributed by atoms with Gasteiger partial charge in [0.1, 0.15) is 6.07 Å². The fourth-order valence-electron chi connectivity index (χ4n) is 2.13. The summed E-state index contributed by atoms with van der Waals surface area (Å²) in [6.45, 7) is 0.727. The van der Waals surface area contributed by atoms with Gasteiger partial charge in [-0.25, -0.2) is 0 Å². The summed E-state index contributed by atoms with van der Waals surface area (Å²) in [5.74, 6) is 0. The van der Waals surface area contributed by atoms with Gasteiger partial charge in [0.25, 0.3) is 0 Å². The predicted octanol–water partition coefficient (Wildman–Crippen LogP) is 1.64. The summed E-state index contributed by atoms with van der Waals surface area (Å²) in [6, 6.07) is 3.68. The Hall–Kier alpha value is -1.81. The van der Waals surface area contributed by atoms with Gasteiger partial charge in [0.2, 0.25) is 0 Å². The molecule has 19 heavy (non-hydrogen) atoms. The topological polar surface area (TPSA) is 43.2 Å². The van der Waals surface area contributed by atoms with Crippen LogP contribution in [0.15, 0.2) is 18.5 Å². The highest BCUT2D eigenvalue weighted by atomic mass is 19.4. The Labute approximate surface area is 109 Å². The second kappa shape index (κ2) is 5.45. The lowest BCUT2D eigenvalue weighted by atomic mass is 10.2. The zero-order chi connectivity index (χ0) is 13.9. The largest absolute Gasteiger partial charge is 0.401 e. The first-order valence-corrected chi connectivity index (χ1v) is 5.88. The second-order valence-corrected chi connectivity index (χ2v) is 4.38. The zero-order valence-corrected chi connectivity index (χ0v) is 10.2. The van der Waals surface area contributed by atoms with Crippen molar-refractivity contribution < 1.29 is 13.2 Å². The van der Waals surface area contributed by atoms with Crippen molar-refractivity contribution in [1.82, 2.24) is 9.88 Å². The van der Waals surface area contributed by atoms with Crippen LogP contribution in [0.3, 0.4) is 0 Å². The van der Waals surface area contributed by atoms with E-state index in [1.807, 2.05) is 4.90 Å². The maximum Gasteiger partial charge on any atom is 0.401 e. The minimum absolute atomic E-state index is 0.333. The molecule has 0 spiro atoms. The Bertz CT molecular complexity index is 473. The fraction of sp³-hybridized carbons (Fsp3) is 0.500. The monoisotopic (exact) mass is 270 g/mol. The van der Waals surface area contributed by atoms with Crippen LogP contribution in [0.2, 0.25) is 0 Å². The average molecular weight is 270 g/mol. The molecule has 2 heterocycles. The number of pyridine rings is 1. The van der Waals surface area contributed by atoms with Gasteiger partial charge in [-0.15, -0.1) is 0 Å². The SMILES string of the molecule is N#Cc1ccncc1N1CCN(CC(F)(F)F)CC1. The number of aromatic nitrogens is 1. The van der Waals surface area contributed by atoms with Crippen molar-refractivity contribution in [2.45, 2.75) is 6.18 Å². The van der Waals surface area contributed by atoms with Crippen LogP contribution in [-0.4, -0.2) is 48.8 Å². The van der Waals surface area contributed by atoms with Gasteiger partial charge in [-0.1, -0.05) is 0 Å². The third-order valence-electron chi connectivity index (χ3n) is 3.04. The van der Waals surface area contributed by atoms with E-state index in [1.165, 1.54) is 11.1 Å². The highest BCUT2D eigenvalue weighted by Gasteiger charge is 2.32. The van der Waals surface area contributed by atoms with Crippen LogP contribution >= 0.6 is 0 Å². The van der Waals surface area contributed by atoms with Gasteiger partial charge >= 0.3 is 6.18 Å². The van der Waals surface area contributed by atoms with Crippen molar-refractivity contribution in [3.8, 4) is 6.07 Å². The fourth-order valence-corrected chi connectivity index (χ4v) is 2.13. The third-order valence-corrected chi connectivity index (χ3v) is 3.04. The van der Waals surface area contributed by atoms with E-state index in [0.29, 0.717) is 37.4 Å². The molecule has 1 aliphatic rings. The maximum atomic E-state index is 12.3. The van der Waals surface area contributed by atoms with E-state index in [1.54, 1.807) is 12.3 Å². The molecule has 1 aromatic rings. The molecule has 1 fully saturated rings. The van der Waals surface area contributed by atoms with Gasteiger partial charge in [-0.2, -0.15) is 18.4 Å². The molecule has 0 unspecified atom stereocenters. The molecule has 0 N–H and O–H groups in total. The Morgan fingerprint density at radius 2 is 1.95 bits per heavy atom. The van der Waals surface area contributed by atoms with E-state index < -0.39 is 12.7 Å². The standard InChI is InChI=1S/C12H13F3N4/c13-12(14,15)9-18-3-5-19(6-4-18)11-8-17-2-1-10(11)7-16/h1-2,8H,3-6,9H2. The van der Waals surface area contributed by atoms with Crippen molar-refractivity contribution in [3.63, 3.8) is 0 Å². The number of hydrogen-bond acceptors (Lipinski definition) is 4. The van der Waals surface area contributed by atoms with Crippen molar-refractivity contribution in [1.29, 1.82) is 5.26 Å². The summed E-state index contributed by atoms with van der Waals surface area (Å²) in [5, 5.41) is 8.99. The average Bonchev–Trinajstić information content (AvgIpc) is 2.38. The van der Waals surface area contributed by atoms with Crippen LogP contribution in [0.5, 0.6) is 0 Å². The summed E-state index contributed by atoms with van der Waals surface area (Å²) in [7, 11) is 0. The van der Waals surface area contributed by atoms with E-state index in [-0.39, 0.29) is 0 Å². The smallest absolute Gasteiger partial charge is 0.367 e. The number of hydrogen-bond donors (Lipinski definition) is 0. The highest BCUT2D eigenvalue weighted by molar-refractivity contribution is 5.57. The number of halogens is 3. The van der Waals surface area contributed by atoms with E-state index in [4.69, 9.17) is 5.26 Å². The van der Waals surface area contributed by atoms with Gasteiger partial charge in [0.05, 0.1) is 24.0 Å². The van der Waals surface area contributed by atoms with Crippen molar-refractivity contribution in [3.05, 3.63) is 24.0 Å². The van der Waals surface area contributed by atoms with Crippen LogP contribution in [-0.2, 0) is 0 Å². The number of anilines is 1. The van der Waals surface area contributed by atoms with Gasteiger partial charge in [-0.05, 0) is 6.07 Å². The number of piperazine rings is 1. The Kier molecular flexibility index (Phi) is 3.90. The summed E-state index contributed by atoms with van der Waals surface area (Å²) in [5.41, 5.74) is 1.19. The minimum atomic E-state index is -4.16. The predicted molar refractivity (Wildman–Crippen MR) is 63.7 cm³/mol. The summed E-state index contributed by atoms with van der Waals surface area (Å²) >= 11 is 0. The minimum Gasteiger partial charge on any atom is -0.367 e. The lowest BCUT2D eigenvalue weighted by Crippen LogP contribution is -2.49. The Balaban J connectivity index is 1.99. The van der Waals surface area contributed by atoms with Gasteiger partial charge in [0.15, 0.2) is 0 Å². The molecule has 0 amide bonds. The first-order valence-electron chi connectivity index (χ1n) is 5.88. The van der Waals surface area contributed by atoms with Crippen molar-refractivity contribution >= 4 is 5.69 Å². The number of nitriles is 1. The van der Waals surface area contributed by atoms with Gasteiger partial charge < -0.3 is 4.90 Å². The molecule has 0 aliphatic carbocycles. The molecule has 2 rings (SSSR count). The molecule has 0 atom stereocenters. The lowest BCUT2D eigenvalue weighted by Gasteiger charge is -2.36. The number of alkyl halides is 3. The highest BCUT2D eigenvalue weighted by Crippen LogP contribution is 2.22. The molecule has 4 nitrogen and oxygen atoms in total.